The Kier molecular flexibility index (Phi) is 5.61. The van der Waals surface area contributed by atoms with E-state index >= 15 is 0 Å². The lowest BCUT2D eigenvalue weighted by Crippen LogP contribution is -1.92. The fourth-order valence-corrected chi connectivity index (χ4v) is 3.14. The Bertz CT molecular complexity index is 502. The smallest absolute Gasteiger partial charge is 0.0179 e. The molecule has 1 heteroatoms. The van der Waals surface area contributed by atoms with Gasteiger partial charge >= 0.3 is 0 Å². The number of rotatable bonds is 6. The summed E-state index contributed by atoms with van der Waals surface area (Å²) in [6.45, 7) is 4.51. The maximum atomic E-state index is 2.38. The van der Waals surface area contributed by atoms with E-state index < -0.39 is 0 Å². The molecule has 1 atom stereocenters. The van der Waals surface area contributed by atoms with Gasteiger partial charge in [-0.25, -0.2) is 0 Å². The normalized spacial score (nSPS) is 11.3. The van der Waals surface area contributed by atoms with Crippen LogP contribution in [0, 0.1) is 0 Å². The van der Waals surface area contributed by atoms with Gasteiger partial charge in [-0.2, -0.15) is 0 Å². The molecule has 0 saturated carbocycles. The van der Waals surface area contributed by atoms with Crippen molar-refractivity contribution in [2.45, 2.75) is 26.7 Å². The van der Waals surface area contributed by atoms with Gasteiger partial charge in [-0.15, -0.1) is 8.58 Å². The number of benzene rings is 2. The van der Waals surface area contributed by atoms with Gasteiger partial charge in [0.05, 0.1) is 0 Å². The topological polar surface area (TPSA) is 0 Å². The Labute approximate surface area is 119 Å². The van der Waals surface area contributed by atoms with Crippen LogP contribution in [0.1, 0.15) is 25.0 Å². The lowest BCUT2D eigenvalue weighted by molar-refractivity contribution is 1.09. The maximum Gasteiger partial charge on any atom is -0.0179 e. The molecular weight excluding hydrogens is 247 g/mol. The molecule has 0 nitrogen and oxygen atoms in total. The van der Waals surface area contributed by atoms with Crippen molar-refractivity contribution in [2.24, 2.45) is 0 Å². The number of hydrogen-bond acceptors (Lipinski definition) is 0. The molecule has 0 bridgehead atoms. The quantitative estimate of drug-likeness (QED) is 0.502. The van der Waals surface area contributed by atoms with E-state index in [2.05, 4.69) is 62.4 Å². The second kappa shape index (κ2) is 7.46. The molecular formula is C18H23P. The summed E-state index contributed by atoms with van der Waals surface area (Å²) in [5, 5.41) is 0. The van der Waals surface area contributed by atoms with Crippen LogP contribution in [-0.2, 0) is 12.8 Å². The first kappa shape index (κ1) is 14.3. The van der Waals surface area contributed by atoms with Crippen LogP contribution in [-0.4, -0.2) is 12.3 Å². The van der Waals surface area contributed by atoms with Crippen molar-refractivity contribution in [3.8, 4) is 11.1 Å². The highest BCUT2D eigenvalue weighted by atomic mass is 31.1. The third-order valence-electron chi connectivity index (χ3n) is 3.41. The summed E-state index contributed by atoms with van der Waals surface area (Å²) in [4.78, 5) is 0. The molecule has 0 saturated heterocycles. The Morgan fingerprint density at radius 3 is 2.26 bits per heavy atom. The van der Waals surface area contributed by atoms with E-state index in [0.717, 1.165) is 15.0 Å². The van der Waals surface area contributed by atoms with Crippen LogP contribution in [0.15, 0.2) is 48.5 Å². The summed E-state index contributed by atoms with van der Waals surface area (Å²) >= 11 is 0. The van der Waals surface area contributed by atoms with Crippen molar-refractivity contribution in [2.75, 3.05) is 12.3 Å². The minimum absolute atomic E-state index is 1.10. The monoisotopic (exact) mass is 270 g/mol. The molecule has 0 heterocycles. The molecule has 0 radical (unpaired) electrons. The second-order valence-electron chi connectivity index (χ2n) is 4.86. The van der Waals surface area contributed by atoms with Gasteiger partial charge in [0.25, 0.3) is 0 Å². The lowest BCUT2D eigenvalue weighted by Gasteiger charge is -2.09. The van der Waals surface area contributed by atoms with Gasteiger partial charge in [-0.3, -0.25) is 0 Å². The van der Waals surface area contributed by atoms with E-state index in [-0.39, 0.29) is 0 Å². The number of hydrogen-bond donors (Lipinski definition) is 0. The van der Waals surface area contributed by atoms with Crippen LogP contribution in [0.3, 0.4) is 0 Å². The molecule has 2 rings (SSSR count). The second-order valence-corrected chi connectivity index (χ2v) is 6.57. The highest BCUT2D eigenvalue weighted by Crippen LogP contribution is 2.24. The summed E-state index contributed by atoms with van der Waals surface area (Å²) in [7, 11) is 1.10. The van der Waals surface area contributed by atoms with Gasteiger partial charge < -0.3 is 0 Å². The number of aryl methyl sites for hydroxylation is 2. The van der Waals surface area contributed by atoms with Gasteiger partial charge in [-0.05, 0) is 47.4 Å². The van der Waals surface area contributed by atoms with Crippen molar-refractivity contribution in [1.82, 2.24) is 0 Å². The standard InChI is InChI=1S/C18H23P/c1-3-15-12-16(10-11-19-4-2)14-18(13-15)17-8-6-5-7-9-17/h5-9,12-14,19H,3-4,10-11H2,1-2H3. The lowest BCUT2D eigenvalue weighted by atomic mass is 9.98. The van der Waals surface area contributed by atoms with Gasteiger partial charge in [0.15, 0.2) is 0 Å². The molecule has 0 aliphatic carbocycles. The molecule has 0 aliphatic heterocycles. The predicted octanol–water partition coefficient (Wildman–Crippen LogP) is 5.16. The van der Waals surface area contributed by atoms with Crippen LogP contribution < -0.4 is 0 Å². The Balaban J connectivity index is 2.26. The van der Waals surface area contributed by atoms with E-state index in [1.54, 1.807) is 0 Å². The molecule has 19 heavy (non-hydrogen) atoms. The highest BCUT2D eigenvalue weighted by molar-refractivity contribution is 7.37. The molecule has 2 aromatic carbocycles. The van der Waals surface area contributed by atoms with E-state index in [4.69, 9.17) is 0 Å². The van der Waals surface area contributed by atoms with E-state index in [1.807, 2.05) is 0 Å². The first-order valence-electron chi connectivity index (χ1n) is 7.22. The third kappa shape index (κ3) is 4.18. The van der Waals surface area contributed by atoms with E-state index in [1.165, 1.54) is 41.0 Å². The van der Waals surface area contributed by atoms with Crippen LogP contribution in [0.25, 0.3) is 11.1 Å². The van der Waals surface area contributed by atoms with Gasteiger partial charge in [0.1, 0.15) is 0 Å². The molecule has 0 N–H and O–H groups in total. The van der Waals surface area contributed by atoms with Crippen molar-refractivity contribution >= 4 is 8.58 Å². The summed E-state index contributed by atoms with van der Waals surface area (Å²) in [6.07, 6.45) is 4.99. The van der Waals surface area contributed by atoms with Crippen LogP contribution in [0.5, 0.6) is 0 Å². The maximum absolute atomic E-state index is 2.38. The molecule has 0 fully saturated rings. The summed E-state index contributed by atoms with van der Waals surface area (Å²) < 4.78 is 0. The van der Waals surface area contributed by atoms with Crippen molar-refractivity contribution in [3.05, 3.63) is 59.7 Å². The average molecular weight is 270 g/mol. The molecule has 2 aromatic rings. The molecule has 100 valence electrons. The Hall–Kier alpha value is -1.13. The fraction of sp³-hybridized carbons (Fsp3) is 0.333. The van der Waals surface area contributed by atoms with Gasteiger partial charge in [0.2, 0.25) is 0 Å². The predicted molar refractivity (Wildman–Crippen MR) is 88.7 cm³/mol. The first-order chi connectivity index (χ1) is 9.33. The van der Waals surface area contributed by atoms with Crippen molar-refractivity contribution < 1.29 is 0 Å². The van der Waals surface area contributed by atoms with Gasteiger partial charge in [-0.1, -0.05) is 62.4 Å². The minimum atomic E-state index is 1.10. The zero-order valence-corrected chi connectivity index (χ0v) is 12.9. The van der Waals surface area contributed by atoms with E-state index in [9.17, 15) is 0 Å². The summed E-state index contributed by atoms with van der Waals surface area (Å²) in [5.41, 5.74) is 5.65. The minimum Gasteiger partial charge on any atom is -0.122 e. The zero-order valence-electron chi connectivity index (χ0n) is 11.9. The molecule has 1 unspecified atom stereocenters. The third-order valence-corrected chi connectivity index (χ3v) is 4.51. The molecule has 0 amide bonds. The summed E-state index contributed by atoms with van der Waals surface area (Å²) in [6, 6.07) is 17.8. The average Bonchev–Trinajstić information content (AvgIpc) is 2.48. The van der Waals surface area contributed by atoms with Gasteiger partial charge in [0, 0.05) is 0 Å². The SMILES string of the molecule is CCPCCc1cc(CC)cc(-c2ccccc2)c1. The highest BCUT2D eigenvalue weighted by Gasteiger charge is 2.02. The Morgan fingerprint density at radius 1 is 0.842 bits per heavy atom. The molecule has 0 aromatic heterocycles. The molecule has 0 spiro atoms. The largest absolute Gasteiger partial charge is 0.122 e. The van der Waals surface area contributed by atoms with Crippen molar-refractivity contribution in [1.29, 1.82) is 0 Å². The van der Waals surface area contributed by atoms with Crippen LogP contribution in [0.2, 0.25) is 0 Å². The van der Waals surface area contributed by atoms with E-state index in [0.29, 0.717) is 0 Å². The first-order valence-corrected chi connectivity index (χ1v) is 8.64. The van der Waals surface area contributed by atoms with Crippen LogP contribution >= 0.6 is 8.58 Å². The van der Waals surface area contributed by atoms with Crippen LogP contribution in [0.4, 0.5) is 0 Å². The zero-order chi connectivity index (χ0) is 13.5. The fourth-order valence-electron chi connectivity index (χ4n) is 2.32. The Morgan fingerprint density at radius 2 is 1.58 bits per heavy atom. The summed E-state index contributed by atoms with van der Waals surface area (Å²) in [5.74, 6) is 0. The molecule has 0 aliphatic rings. The van der Waals surface area contributed by atoms with Crippen molar-refractivity contribution in [3.63, 3.8) is 0 Å².